The molecule has 2 heterocycles. The second-order valence-electron chi connectivity index (χ2n) is 3.61. The first-order valence-corrected chi connectivity index (χ1v) is 5.07. The van der Waals surface area contributed by atoms with Gasteiger partial charge in [0.25, 0.3) is 0 Å². The van der Waals surface area contributed by atoms with Gasteiger partial charge in [0.05, 0.1) is 0 Å². The quantitative estimate of drug-likeness (QED) is 0.770. The lowest BCUT2D eigenvalue weighted by molar-refractivity contribution is 0.221. The van der Waals surface area contributed by atoms with Gasteiger partial charge < -0.3 is 9.26 Å². The summed E-state index contributed by atoms with van der Waals surface area (Å²) in [5, 5.41) is 3.87. The van der Waals surface area contributed by atoms with Gasteiger partial charge in [-0.05, 0) is 17.7 Å². The van der Waals surface area contributed by atoms with Crippen LogP contribution in [-0.2, 0) is 6.42 Å². The molecule has 0 saturated heterocycles. The van der Waals surface area contributed by atoms with Crippen molar-refractivity contribution in [1.29, 1.82) is 0 Å². The maximum Gasteiger partial charge on any atom is 0.250 e. The van der Waals surface area contributed by atoms with Crippen LogP contribution in [0.25, 0.3) is 6.08 Å². The minimum absolute atomic E-state index is 0.144. The minimum atomic E-state index is -0.144. The summed E-state index contributed by atoms with van der Waals surface area (Å²) in [5.41, 5.74) is 1.18. The van der Waals surface area contributed by atoms with E-state index in [4.69, 9.17) is 9.26 Å². The number of hydrogen-bond acceptors (Lipinski definition) is 4. The maximum atomic E-state index is 5.73. The Bertz CT molecular complexity index is 508. The molecule has 4 nitrogen and oxygen atoms in total. The number of benzene rings is 1. The first-order valence-electron chi connectivity index (χ1n) is 5.07. The van der Waals surface area contributed by atoms with Crippen LogP contribution in [-0.4, -0.2) is 10.1 Å². The Hall–Kier alpha value is -2.10. The molecule has 16 heavy (non-hydrogen) atoms. The number of fused-ring (bicyclic) bond motifs is 1. The van der Waals surface area contributed by atoms with Crippen LogP contribution >= 0.6 is 0 Å². The fourth-order valence-corrected chi connectivity index (χ4v) is 1.79. The van der Waals surface area contributed by atoms with Crippen molar-refractivity contribution in [3.63, 3.8) is 0 Å². The first kappa shape index (κ1) is 9.15. The third-order valence-corrected chi connectivity index (χ3v) is 2.57. The second-order valence-corrected chi connectivity index (χ2v) is 3.61. The van der Waals surface area contributed by atoms with Gasteiger partial charge in [-0.25, -0.2) is 0 Å². The van der Waals surface area contributed by atoms with Crippen molar-refractivity contribution in [3.05, 3.63) is 48.1 Å². The van der Waals surface area contributed by atoms with Crippen molar-refractivity contribution in [1.82, 2.24) is 10.1 Å². The molecule has 0 bridgehead atoms. The monoisotopic (exact) mass is 214 g/mol. The standard InChI is InChI=1S/C12H10N2O2/c1-2-11-13-12(14-16-11)10-7-8-5-3-4-6-9(8)15-10/h2-6,10H,1,7H2. The van der Waals surface area contributed by atoms with Crippen molar-refractivity contribution >= 4 is 6.08 Å². The van der Waals surface area contributed by atoms with Crippen molar-refractivity contribution in [2.45, 2.75) is 12.5 Å². The lowest BCUT2D eigenvalue weighted by Gasteiger charge is -2.04. The molecule has 0 fully saturated rings. The fourth-order valence-electron chi connectivity index (χ4n) is 1.79. The lowest BCUT2D eigenvalue weighted by Crippen LogP contribution is -2.05. The Kier molecular flexibility index (Phi) is 1.99. The third kappa shape index (κ3) is 1.39. The van der Waals surface area contributed by atoms with Gasteiger partial charge >= 0.3 is 0 Å². The zero-order valence-corrected chi connectivity index (χ0v) is 8.59. The average molecular weight is 214 g/mol. The van der Waals surface area contributed by atoms with E-state index in [2.05, 4.69) is 16.7 Å². The van der Waals surface area contributed by atoms with E-state index in [1.165, 1.54) is 11.6 Å². The number of ether oxygens (including phenoxy) is 1. The van der Waals surface area contributed by atoms with E-state index in [0.717, 1.165) is 12.2 Å². The summed E-state index contributed by atoms with van der Waals surface area (Å²) in [4.78, 5) is 4.17. The van der Waals surface area contributed by atoms with Gasteiger partial charge in [-0.3, -0.25) is 0 Å². The van der Waals surface area contributed by atoms with Crippen LogP contribution in [0.3, 0.4) is 0 Å². The van der Waals surface area contributed by atoms with Crippen LogP contribution in [0.15, 0.2) is 35.4 Å². The zero-order chi connectivity index (χ0) is 11.0. The molecule has 0 N–H and O–H groups in total. The Morgan fingerprint density at radius 3 is 3.00 bits per heavy atom. The highest BCUT2D eigenvalue weighted by molar-refractivity contribution is 5.38. The minimum Gasteiger partial charge on any atom is -0.482 e. The first-order chi connectivity index (χ1) is 7.86. The summed E-state index contributed by atoms with van der Waals surface area (Å²) in [6.07, 6.45) is 2.17. The smallest absolute Gasteiger partial charge is 0.250 e. The van der Waals surface area contributed by atoms with Crippen molar-refractivity contribution in [2.75, 3.05) is 0 Å². The predicted molar refractivity (Wildman–Crippen MR) is 57.9 cm³/mol. The molecule has 2 aromatic rings. The van der Waals surface area contributed by atoms with Gasteiger partial charge in [0.1, 0.15) is 5.75 Å². The normalized spacial score (nSPS) is 17.9. The molecule has 0 spiro atoms. The molecule has 0 aliphatic carbocycles. The van der Waals surface area contributed by atoms with Gasteiger partial charge in [-0.15, -0.1) is 0 Å². The summed E-state index contributed by atoms with van der Waals surface area (Å²) in [7, 11) is 0. The zero-order valence-electron chi connectivity index (χ0n) is 8.59. The Morgan fingerprint density at radius 1 is 1.38 bits per heavy atom. The number of hydrogen-bond donors (Lipinski definition) is 0. The van der Waals surface area contributed by atoms with Gasteiger partial charge in [0.15, 0.2) is 6.10 Å². The molecule has 1 aromatic carbocycles. The van der Waals surface area contributed by atoms with Crippen molar-refractivity contribution < 1.29 is 9.26 Å². The summed E-state index contributed by atoms with van der Waals surface area (Å²) in [6.45, 7) is 3.57. The number of para-hydroxylation sites is 1. The molecule has 0 amide bonds. The van der Waals surface area contributed by atoms with Gasteiger partial charge in [0, 0.05) is 6.42 Å². The topological polar surface area (TPSA) is 48.2 Å². The van der Waals surface area contributed by atoms with E-state index < -0.39 is 0 Å². The lowest BCUT2D eigenvalue weighted by atomic mass is 10.1. The van der Waals surface area contributed by atoms with E-state index in [-0.39, 0.29) is 6.10 Å². The van der Waals surface area contributed by atoms with Crippen LogP contribution < -0.4 is 4.74 Å². The fraction of sp³-hybridized carbons (Fsp3) is 0.167. The third-order valence-electron chi connectivity index (χ3n) is 2.57. The van der Waals surface area contributed by atoms with Gasteiger partial charge in [-0.2, -0.15) is 4.98 Å². The Morgan fingerprint density at radius 2 is 2.25 bits per heavy atom. The van der Waals surface area contributed by atoms with Crippen LogP contribution in [0.5, 0.6) is 5.75 Å². The SMILES string of the molecule is C=Cc1nc(C2Cc3ccccc3O2)no1. The summed E-state index contributed by atoms with van der Waals surface area (Å²) < 4.78 is 10.7. The molecule has 1 atom stereocenters. The average Bonchev–Trinajstić information content (AvgIpc) is 2.95. The van der Waals surface area contributed by atoms with Crippen LogP contribution in [0.2, 0.25) is 0 Å². The molecule has 0 saturated carbocycles. The molecule has 1 aliphatic heterocycles. The molecule has 1 unspecified atom stereocenters. The molecule has 3 rings (SSSR count). The molecule has 1 aliphatic rings. The molecule has 1 aromatic heterocycles. The molecular weight excluding hydrogens is 204 g/mol. The molecule has 0 radical (unpaired) electrons. The Labute approximate surface area is 92.6 Å². The van der Waals surface area contributed by atoms with Crippen molar-refractivity contribution in [3.8, 4) is 5.75 Å². The van der Waals surface area contributed by atoms with Gasteiger partial charge in [-0.1, -0.05) is 29.9 Å². The second kappa shape index (κ2) is 3.48. The number of nitrogens with zero attached hydrogens (tertiary/aromatic N) is 2. The summed E-state index contributed by atoms with van der Waals surface area (Å²) in [5.74, 6) is 1.90. The Balaban J connectivity index is 1.88. The molecular formula is C12H10N2O2. The van der Waals surface area contributed by atoms with Crippen LogP contribution in [0.4, 0.5) is 0 Å². The van der Waals surface area contributed by atoms with E-state index in [1.54, 1.807) is 0 Å². The molecule has 4 heteroatoms. The number of rotatable bonds is 2. The highest BCUT2D eigenvalue weighted by Crippen LogP contribution is 2.35. The largest absolute Gasteiger partial charge is 0.482 e. The molecule has 80 valence electrons. The summed E-state index contributed by atoms with van der Waals surface area (Å²) in [6, 6.07) is 7.94. The van der Waals surface area contributed by atoms with E-state index in [1.807, 2.05) is 24.3 Å². The number of aromatic nitrogens is 2. The highest BCUT2D eigenvalue weighted by Gasteiger charge is 2.27. The maximum absolute atomic E-state index is 5.73. The van der Waals surface area contributed by atoms with E-state index in [9.17, 15) is 0 Å². The van der Waals surface area contributed by atoms with E-state index >= 15 is 0 Å². The van der Waals surface area contributed by atoms with Crippen molar-refractivity contribution in [2.24, 2.45) is 0 Å². The van der Waals surface area contributed by atoms with Crippen LogP contribution in [0, 0.1) is 0 Å². The van der Waals surface area contributed by atoms with Crippen LogP contribution in [0.1, 0.15) is 23.4 Å². The van der Waals surface area contributed by atoms with Gasteiger partial charge in [0.2, 0.25) is 11.7 Å². The highest BCUT2D eigenvalue weighted by atomic mass is 16.5. The predicted octanol–water partition coefficient (Wildman–Crippen LogP) is 2.39. The summed E-state index contributed by atoms with van der Waals surface area (Å²) >= 11 is 0. The van der Waals surface area contributed by atoms with E-state index in [0.29, 0.717) is 11.7 Å².